The van der Waals surface area contributed by atoms with Crippen LogP contribution in [0.4, 0.5) is 4.79 Å². The highest BCUT2D eigenvalue weighted by Crippen LogP contribution is 2.16. The van der Waals surface area contributed by atoms with Gasteiger partial charge in [-0.3, -0.25) is 0 Å². The molecule has 0 bridgehead atoms. The largest absolute Gasteiger partial charge is 0.480 e. The molecule has 0 spiro atoms. The summed E-state index contributed by atoms with van der Waals surface area (Å²) in [5.74, 6) is -1.08. The molecule has 0 aliphatic carbocycles. The van der Waals surface area contributed by atoms with Gasteiger partial charge in [0.15, 0.2) is 0 Å². The molecule has 21 heavy (non-hydrogen) atoms. The second-order valence-electron chi connectivity index (χ2n) is 6.25. The summed E-state index contributed by atoms with van der Waals surface area (Å²) in [7, 11) is 0. The van der Waals surface area contributed by atoms with Crippen LogP contribution in [0.1, 0.15) is 39.7 Å². The fourth-order valence-electron chi connectivity index (χ4n) is 1.79. The third-order valence-electron chi connectivity index (χ3n) is 3.01. The van der Waals surface area contributed by atoms with Crippen LogP contribution >= 0.6 is 0 Å². The van der Waals surface area contributed by atoms with Crippen molar-refractivity contribution in [1.29, 1.82) is 0 Å². The van der Waals surface area contributed by atoms with Crippen molar-refractivity contribution in [3.05, 3.63) is 35.9 Å². The molecule has 5 heteroatoms. The number of nitrogens with one attached hydrogen (secondary N) is 1. The minimum absolute atomic E-state index is 0.283. The van der Waals surface area contributed by atoms with Crippen LogP contribution in [0.15, 0.2) is 30.3 Å². The van der Waals surface area contributed by atoms with Crippen LogP contribution in [0, 0.1) is 0 Å². The van der Waals surface area contributed by atoms with Crippen LogP contribution in [-0.4, -0.2) is 28.3 Å². The molecule has 0 heterocycles. The smallest absolute Gasteiger partial charge is 0.408 e. The van der Waals surface area contributed by atoms with E-state index in [0.29, 0.717) is 6.42 Å². The number of hydrogen-bond donors (Lipinski definition) is 2. The molecule has 116 valence electrons. The van der Waals surface area contributed by atoms with Gasteiger partial charge in [0.05, 0.1) is 0 Å². The summed E-state index contributed by atoms with van der Waals surface area (Å²) in [5, 5.41) is 11.8. The Hall–Kier alpha value is -2.04. The zero-order valence-electron chi connectivity index (χ0n) is 13.0. The number of alkyl carbamates (subject to hydrolysis) is 1. The van der Waals surface area contributed by atoms with Gasteiger partial charge in [0.25, 0.3) is 0 Å². The normalized spacial score (nSPS) is 14.1. The second-order valence-corrected chi connectivity index (χ2v) is 6.25. The number of carboxylic acids is 1. The Labute approximate surface area is 125 Å². The molecule has 1 aromatic rings. The topological polar surface area (TPSA) is 75.6 Å². The lowest BCUT2D eigenvalue weighted by Gasteiger charge is -2.28. The van der Waals surface area contributed by atoms with Gasteiger partial charge in [-0.15, -0.1) is 0 Å². The Balaban J connectivity index is 2.70. The van der Waals surface area contributed by atoms with Crippen molar-refractivity contribution in [2.24, 2.45) is 0 Å². The summed E-state index contributed by atoms with van der Waals surface area (Å²) < 4.78 is 5.12. The van der Waals surface area contributed by atoms with Gasteiger partial charge in [-0.1, -0.05) is 30.3 Å². The number of rotatable bonds is 5. The number of carboxylic acid groups (broad SMARTS) is 1. The number of amides is 1. The van der Waals surface area contributed by atoms with E-state index < -0.39 is 23.2 Å². The van der Waals surface area contributed by atoms with Crippen molar-refractivity contribution in [3.63, 3.8) is 0 Å². The van der Waals surface area contributed by atoms with E-state index in [2.05, 4.69) is 5.32 Å². The second kappa shape index (κ2) is 6.61. The first kappa shape index (κ1) is 17.0. The predicted molar refractivity (Wildman–Crippen MR) is 80.2 cm³/mol. The fraction of sp³-hybridized carbons (Fsp3) is 0.500. The molecule has 5 nitrogen and oxygen atoms in total. The van der Waals surface area contributed by atoms with Gasteiger partial charge in [-0.25, -0.2) is 9.59 Å². The van der Waals surface area contributed by atoms with Crippen LogP contribution in [0.3, 0.4) is 0 Å². The van der Waals surface area contributed by atoms with E-state index in [4.69, 9.17) is 4.74 Å². The molecule has 1 aromatic carbocycles. The van der Waals surface area contributed by atoms with E-state index in [1.165, 1.54) is 6.92 Å². The van der Waals surface area contributed by atoms with Gasteiger partial charge in [0.2, 0.25) is 0 Å². The zero-order valence-corrected chi connectivity index (χ0v) is 13.0. The molecule has 0 aromatic heterocycles. The molecule has 1 amide bonds. The Kier molecular flexibility index (Phi) is 5.35. The van der Waals surface area contributed by atoms with Crippen molar-refractivity contribution in [2.45, 2.75) is 51.7 Å². The van der Waals surface area contributed by atoms with Crippen molar-refractivity contribution < 1.29 is 19.4 Å². The number of carbonyl (C=O) groups excluding carboxylic acids is 1. The molecule has 1 atom stereocenters. The van der Waals surface area contributed by atoms with E-state index in [-0.39, 0.29) is 6.42 Å². The van der Waals surface area contributed by atoms with Gasteiger partial charge in [0.1, 0.15) is 11.1 Å². The molecule has 1 unspecified atom stereocenters. The lowest BCUT2D eigenvalue weighted by atomic mass is 9.93. The molecule has 1 rings (SSSR count). The molecular weight excluding hydrogens is 270 g/mol. The lowest BCUT2D eigenvalue weighted by molar-refractivity contribution is -0.144. The summed E-state index contributed by atoms with van der Waals surface area (Å²) in [6, 6.07) is 9.55. The molecule has 0 fully saturated rings. The minimum Gasteiger partial charge on any atom is -0.480 e. The Morgan fingerprint density at radius 3 is 2.19 bits per heavy atom. The maximum absolute atomic E-state index is 11.8. The summed E-state index contributed by atoms with van der Waals surface area (Å²) in [4.78, 5) is 23.3. The Morgan fingerprint density at radius 1 is 1.14 bits per heavy atom. The summed E-state index contributed by atoms with van der Waals surface area (Å²) in [5.41, 5.74) is -1.00. The van der Waals surface area contributed by atoms with Crippen molar-refractivity contribution in [2.75, 3.05) is 0 Å². The van der Waals surface area contributed by atoms with Crippen LogP contribution in [-0.2, 0) is 16.0 Å². The number of carbonyl (C=O) groups is 2. The summed E-state index contributed by atoms with van der Waals surface area (Å²) in [6.07, 6.45) is 0.117. The van der Waals surface area contributed by atoms with E-state index in [0.717, 1.165) is 5.56 Å². The first-order valence-electron chi connectivity index (χ1n) is 6.91. The van der Waals surface area contributed by atoms with Gasteiger partial charge in [0, 0.05) is 0 Å². The monoisotopic (exact) mass is 293 g/mol. The van der Waals surface area contributed by atoms with Gasteiger partial charge in [-0.2, -0.15) is 0 Å². The zero-order chi connectivity index (χ0) is 16.1. The van der Waals surface area contributed by atoms with Crippen LogP contribution in [0.2, 0.25) is 0 Å². The van der Waals surface area contributed by atoms with Gasteiger partial charge < -0.3 is 15.2 Å². The van der Waals surface area contributed by atoms with Crippen molar-refractivity contribution >= 4 is 12.1 Å². The van der Waals surface area contributed by atoms with E-state index in [9.17, 15) is 14.7 Å². The molecule has 2 N–H and O–H groups in total. The van der Waals surface area contributed by atoms with Gasteiger partial charge >= 0.3 is 12.1 Å². The molecule has 0 saturated heterocycles. The third kappa shape index (κ3) is 5.85. The number of aryl methyl sites for hydroxylation is 1. The highest BCUT2D eigenvalue weighted by atomic mass is 16.6. The highest BCUT2D eigenvalue weighted by molar-refractivity contribution is 5.84. The number of ether oxygens (including phenoxy) is 1. The SMILES string of the molecule is CC(C)(C)OC(=O)NC(C)(CCc1ccccc1)C(=O)O. The Morgan fingerprint density at radius 2 is 1.71 bits per heavy atom. The van der Waals surface area contributed by atoms with Crippen molar-refractivity contribution in [1.82, 2.24) is 5.32 Å². The molecule has 0 radical (unpaired) electrons. The van der Waals surface area contributed by atoms with E-state index >= 15 is 0 Å². The van der Waals surface area contributed by atoms with Crippen LogP contribution < -0.4 is 5.32 Å². The Bertz CT molecular complexity index is 493. The molecule has 0 aliphatic heterocycles. The van der Waals surface area contributed by atoms with Crippen LogP contribution in [0.5, 0.6) is 0 Å². The average molecular weight is 293 g/mol. The standard InChI is InChI=1S/C16H23NO4/c1-15(2,3)21-14(20)17-16(4,13(18)19)11-10-12-8-6-5-7-9-12/h5-9H,10-11H2,1-4H3,(H,17,20)(H,18,19). The highest BCUT2D eigenvalue weighted by Gasteiger charge is 2.36. The molecular formula is C16H23NO4. The van der Waals surface area contributed by atoms with Crippen LogP contribution in [0.25, 0.3) is 0 Å². The quantitative estimate of drug-likeness (QED) is 0.875. The lowest BCUT2D eigenvalue weighted by Crippen LogP contribution is -2.53. The maximum Gasteiger partial charge on any atom is 0.408 e. The third-order valence-corrected chi connectivity index (χ3v) is 3.01. The predicted octanol–water partition coefficient (Wildman–Crippen LogP) is 2.99. The first-order chi connectivity index (χ1) is 9.62. The minimum atomic E-state index is -1.36. The molecule has 0 aliphatic rings. The van der Waals surface area contributed by atoms with Gasteiger partial charge in [-0.05, 0) is 46.1 Å². The average Bonchev–Trinajstić information content (AvgIpc) is 2.35. The fourth-order valence-corrected chi connectivity index (χ4v) is 1.79. The first-order valence-corrected chi connectivity index (χ1v) is 6.91. The number of benzene rings is 1. The molecule has 0 saturated carbocycles. The summed E-state index contributed by atoms with van der Waals surface area (Å²) >= 11 is 0. The van der Waals surface area contributed by atoms with E-state index in [1.807, 2.05) is 30.3 Å². The number of hydrogen-bond acceptors (Lipinski definition) is 3. The van der Waals surface area contributed by atoms with E-state index in [1.54, 1.807) is 20.8 Å². The van der Waals surface area contributed by atoms with Crippen molar-refractivity contribution in [3.8, 4) is 0 Å². The maximum atomic E-state index is 11.8. The summed E-state index contributed by atoms with van der Waals surface area (Å²) in [6.45, 7) is 6.68. The number of aliphatic carboxylic acids is 1.